The van der Waals surface area contributed by atoms with Crippen LogP contribution in [-0.4, -0.2) is 39.7 Å². The van der Waals surface area contributed by atoms with Gasteiger partial charge in [-0.3, -0.25) is 9.78 Å². The van der Waals surface area contributed by atoms with Crippen LogP contribution in [0.4, 0.5) is 0 Å². The summed E-state index contributed by atoms with van der Waals surface area (Å²) in [5.41, 5.74) is 2.73. The van der Waals surface area contributed by atoms with Gasteiger partial charge in [-0.25, -0.2) is 4.98 Å². The van der Waals surface area contributed by atoms with Crippen LogP contribution >= 0.6 is 0 Å². The van der Waals surface area contributed by atoms with E-state index >= 15 is 0 Å². The van der Waals surface area contributed by atoms with Gasteiger partial charge in [-0.2, -0.15) is 0 Å². The first-order valence-electron chi connectivity index (χ1n) is 9.07. The van der Waals surface area contributed by atoms with Gasteiger partial charge in [0, 0.05) is 30.9 Å². The Hall–Kier alpha value is -2.99. The Bertz CT molecular complexity index is 908. The van der Waals surface area contributed by atoms with E-state index in [0.717, 1.165) is 17.8 Å². The molecule has 3 heterocycles. The van der Waals surface area contributed by atoms with Gasteiger partial charge in [-0.05, 0) is 24.1 Å². The van der Waals surface area contributed by atoms with Gasteiger partial charge in [-0.15, -0.1) is 0 Å². The number of hydrogen-bond acceptors (Lipinski definition) is 4. The van der Waals surface area contributed by atoms with Crippen molar-refractivity contribution in [1.82, 2.24) is 19.9 Å². The molecule has 1 N–H and O–H groups in total. The highest BCUT2D eigenvalue weighted by Gasteiger charge is 2.30. The zero-order chi connectivity index (χ0) is 18.6. The molecule has 6 nitrogen and oxygen atoms in total. The maximum absolute atomic E-state index is 12.8. The number of nitrogens with one attached hydrogen (secondary N) is 1. The molecule has 0 radical (unpaired) electrons. The summed E-state index contributed by atoms with van der Waals surface area (Å²) in [7, 11) is 1.86. The first kappa shape index (κ1) is 17.4. The summed E-state index contributed by atoms with van der Waals surface area (Å²) >= 11 is 0. The van der Waals surface area contributed by atoms with Crippen LogP contribution in [0.3, 0.4) is 0 Å². The summed E-state index contributed by atoms with van der Waals surface area (Å²) in [6.07, 6.45) is 6.07. The van der Waals surface area contributed by atoms with Crippen molar-refractivity contribution in [3.05, 3.63) is 72.3 Å². The molecule has 2 aromatic heterocycles. The largest absolute Gasteiger partial charge is 0.379 e. The fourth-order valence-electron chi connectivity index (χ4n) is 3.50. The van der Waals surface area contributed by atoms with E-state index in [9.17, 15) is 4.79 Å². The van der Waals surface area contributed by atoms with Gasteiger partial charge in [0.2, 0.25) is 0 Å². The second-order valence-electron chi connectivity index (χ2n) is 6.83. The van der Waals surface area contributed by atoms with E-state index in [-0.39, 0.29) is 17.9 Å². The third kappa shape index (κ3) is 3.75. The quantitative estimate of drug-likeness (QED) is 0.757. The number of pyridine rings is 1. The number of aromatic nitrogens is 3. The molecule has 0 bridgehead atoms. The first-order chi connectivity index (χ1) is 13.2. The van der Waals surface area contributed by atoms with Gasteiger partial charge in [0.15, 0.2) is 0 Å². The second-order valence-corrected chi connectivity index (χ2v) is 6.83. The molecule has 0 spiro atoms. The number of rotatable bonds is 5. The predicted molar refractivity (Wildman–Crippen MR) is 102 cm³/mol. The van der Waals surface area contributed by atoms with E-state index in [1.807, 2.05) is 54.1 Å². The van der Waals surface area contributed by atoms with Gasteiger partial charge in [0.1, 0.15) is 11.5 Å². The number of imidazole rings is 1. The van der Waals surface area contributed by atoms with Crippen LogP contribution in [0.1, 0.15) is 16.1 Å². The lowest BCUT2D eigenvalue weighted by molar-refractivity contribution is 0.0917. The van der Waals surface area contributed by atoms with Gasteiger partial charge in [0.05, 0.1) is 25.5 Å². The Morgan fingerprint density at radius 1 is 1.19 bits per heavy atom. The smallest absolute Gasteiger partial charge is 0.269 e. The highest BCUT2D eigenvalue weighted by atomic mass is 16.5. The molecule has 1 aliphatic rings. The SMILES string of the molecule is Cn1c(C(=O)N[C@H]2COC[C@H]2Cc2ccncc2)cnc1-c1ccccc1. The highest BCUT2D eigenvalue weighted by molar-refractivity contribution is 5.93. The van der Waals surface area contributed by atoms with Crippen molar-refractivity contribution in [3.8, 4) is 11.4 Å². The Balaban J connectivity index is 1.47. The third-order valence-electron chi connectivity index (χ3n) is 5.01. The molecule has 2 atom stereocenters. The Morgan fingerprint density at radius 3 is 2.74 bits per heavy atom. The average Bonchev–Trinajstić information content (AvgIpc) is 3.30. The van der Waals surface area contributed by atoms with Gasteiger partial charge < -0.3 is 14.6 Å². The lowest BCUT2D eigenvalue weighted by Crippen LogP contribution is -2.41. The minimum absolute atomic E-state index is 0.0132. The molecule has 1 aromatic carbocycles. The minimum Gasteiger partial charge on any atom is -0.379 e. The van der Waals surface area contributed by atoms with Gasteiger partial charge in [0.25, 0.3) is 5.91 Å². The van der Waals surface area contributed by atoms with Crippen LogP contribution in [0.25, 0.3) is 11.4 Å². The van der Waals surface area contributed by atoms with E-state index < -0.39 is 0 Å². The van der Waals surface area contributed by atoms with Crippen LogP contribution in [0.5, 0.6) is 0 Å². The van der Waals surface area contributed by atoms with Crippen molar-refractivity contribution >= 4 is 5.91 Å². The molecule has 0 saturated carbocycles. The number of benzene rings is 1. The molecule has 27 heavy (non-hydrogen) atoms. The number of ether oxygens (including phenoxy) is 1. The molecule has 1 amide bonds. The summed E-state index contributed by atoms with van der Waals surface area (Å²) in [5.74, 6) is 0.900. The van der Waals surface area contributed by atoms with Crippen LogP contribution in [0.2, 0.25) is 0 Å². The summed E-state index contributed by atoms with van der Waals surface area (Å²) in [4.78, 5) is 21.3. The van der Waals surface area contributed by atoms with E-state index in [1.165, 1.54) is 5.56 Å². The Labute approximate surface area is 158 Å². The molecular formula is C21H22N4O2. The third-order valence-corrected chi connectivity index (χ3v) is 5.01. The standard InChI is InChI=1S/C21H22N4O2/c1-25-19(12-23-20(25)16-5-3-2-4-6-16)21(26)24-18-14-27-13-17(18)11-15-7-9-22-10-8-15/h2-10,12,17-18H,11,13-14H2,1H3,(H,24,26)/t17-,18+/m1/s1. The minimum atomic E-state index is -0.123. The van der Waals surface area contributed by atoms with E-state index in [2.05, 4.69) is 15.3 Å². The maximum atomic E-state index is 12.8. The average molecular weight is 362 g/mol. The number of amides is 1. The molecule has 6 heteroatoms. The predicted octanol–water partition coefficient (Wildman–Crippen LogP) is 2.47. The summed E-state index contributed by atoms with van der Waals surface area (Å²) in [6, 6.07) is 13.9. The molecule has 0 unspecified atom stereocenters. The molecule has 1 saturated heterocycles. The summed E-state index contributed by atoms with van der Waals surface area (Å²) in [5, 5.41) is 3.13. The van der Waals surface area contributed by atoms with Crippen LogP contribution in [0, 0.1) is 5.92 Å². The second kappa shape index (κ2) is 7.72. The molecule has 138 valence electrons. The molecule has 0 aliphatic carbocycles. The number of nitrogens with zero attached hydrogens (tertiary/aromatic N) is 3. The normalized spacial score (nSPS) is 19.1. The number of carbonyl (C=O) groups excluding carboxylic acids is 1. The maximum Gasteiger partial charge on any atom is 0.269 e. The lowest BCUT2D eigenvalue weighted by Gasteiger charge is -2.19. The molecule has 1 fully saturated rings. The summed E-state index contributed by atoms with van der Waals surface area (Å²) < 4.78 is 7.46. The number of hydrogen-bond donors (Lipinski definition) is 1. The Kier molecular flexibility index (Phi) is 4.98. The molecule has 3 aromatic rings. The van der Waals surface area contributed by atoms with E-state index in [4.69, 9.17) is 4.74 Å². The molecular weight excluding hydrogens is 340 g/mol. The van der Waals surface area contributed by atoms with Gasteiger partial charge >= 0.3 is 0 Å². The zero-order valence-corrected chi connectivity index (χ0v) is 15.2. The van der Waals surface area contributed by atoms with Crippen molar-refractivity contribution in [2.24, 2.45) is 13.0 Å². The van der Waals surface area contributed by atoms with Crippen molar-refractivity contribution < 1.29 is 9.53 Å². The highest BCUT2D eigenvalue weighted by Crippen LogP contribution is 2.21. The van der Waals surface area contributed by atoms with Crippen molar-refractivity contribution in [3.63, 3.8) is 0 Å². The van der Waals surface area contributed by atoms with Crippen LogP contribution < -0.4 is 5.32 Å². The first-order valence-corrected chi connectivity index (χ1v) is 9.07. The lowest BCUT2D eigenvalue weighted by atomic mass is 9.95. The fraction of sp³-hybridized carbons (Fsp3) is 0.286. The topological polar surface area (TPSA) is 69.0 Å². The van der Waals surface area contributed by atoms with E-state index in [1.54, 1.807) is 18.6 Å². The van der Waals surface area contributed by atoms with Crippen molar-refractivity contribution in [2.45, 2.75) is 12.5 Å². The van der Waals surface area contributed by atoms with Crippen LogP contribution in [0.15, 0.2) is 61.1 Å². The monoisotopic (exact) mass is 362 g/mol. The Morgan fingerprint density at radius 2 is 1.96 bits per heavy atom. The summed E-state index contributed by atoms with van der Waals surface area (Å²) in [6.45, 7) is 1.18. The zero-order valence-electron chi connectivity index (χ0n) is 15.2. The van der Waals surface area contributed by atoms with Crippen molar-refractivity contribution in [2.75, 3.05) is 13.2 Å². The molecule has 1 aliphatic heterocycles. The fourth-order valence-corrected chi connectivity index (χ4v) is 3.50. The number of carbonyl (C=O) groups is 1. The van der Waals surface area contributed by atoms with Crippen LogP contribution in [-0.2, 0) is 18.2 Å². The van der Waals surface area contributed by atoms with Gasteiger partial charge in [-0.1, -0.05) is 30.3 Å². The molecule has 4 rings (SSSR count). The van der Waals surface area contributed by atoms with Crippen molar-refractivity contribution in [1.29, 1.82) is 0 Å². The van der Waals surface area contributed by atoms with E-state index in [0.29, 0.717) is 18.9 Å².